The summed E-state index contributed by atoms with van der Waals surface area (Å²) in [5, 5.41) is 75.1. The Morgan fingerprint density at radius 3 is 1.62 bits per heavy atom. The fourth-order valence-electron chi connectivity index (χ4n) is 11.0. The molecule has 2 aliphatic heterocycles. The Morgan fingerprint density at radius 2 is 1.17 bits per heavy atom. The van der Waals surface area contributed by atoms with Crippen LogP contribution in [0.25, 0.3) is 0 Å². The number of aliphatic carboxylic acids is 3. The predicted octanol–water partition coefficient (Wildman–Crippen LogP) is 2.30. The summed E-state index contributed by atoms with van der Waals surface area (Å²) in [5.41, 5.74) is -7.35. The van der Waals surface area contributed by atoms with E-state index in [0.29, 0.717) is 12.8 Å². The average Bonchev–Trinajstić information content (AvgIpc) is 3.50. The number of aliphatic hydroxyl groups excluding tert-OH is 1. The molecule has 18 nitrogen and oxygen atoms in total. The van der Waals surface area contributed by atoms with Crippen LogP contribution < -0.4 is 0 Å². The molecule has 7 N–H and O–H groups in total. The summed E-state index contributed by atoms with van der Waals surface area (Å²) in [6, 6.07) is 0. The number of carbonyl (C=O) groups excluding carboxylic acids is 4. The molecule has 0 aromatic heterocycles. The largest absolute Gasteiger partial charge is 0.481 e. The maximum atomic E-state index is 13.8. The van der Waals surface area contributed by atoms with E-state index in [1.165, 1.54) is 12.2 Å². The van der Waals surface area contributed by atoms with E-state index < -0.39 is 139 Å². The molecule has 0 bridgehead atoms. The van der Waals surface area contributed by atoms with Gasteiger partial charge in [0.05, 0.1) is 35.2 Å². The van der Waals surface area contributed by atoms with Crippen molar-refractivity contribution in [3.63, 3.8) is 0 Å². The molecule has 350 valence electrons. The molecule has 0 spiro atoms. The molecule has 12 unspecified atom stereocenters. The van der Waals surface area contributed by atoms with Crippen LogP contribution in [0.5, 0.6) is 0 Å². The Kier molecular flexibility index (Phi) is 15.1. The van der Waals surface area contributed by atoms with Crippen LogP contribution in [0.1, 0.15) is 80.1 Å². The first-order valence-corrected chi connectivity index (χ1v) is 21.7. The molecule has 63 heavy (non-hydrogen) atoms. The zero-order chi connectivity index (χ0) is 46.9. The van der Waals surface area contributed by atoms with Crippen LogP contribution in [0.15, 0.2) is 34.9 Å². The van der Waals surface area contributed by atoms with Crippen LogP contribution >= 0.6 is 0 Å². The second kappa shape index (κ2) is 19.2. The molecular formula is C45H62O18. The molecule has 0 aromatic rings. The molecule has 0 saturated heterocycles. The quantitative estimate of drug-likeness (QED) is 0.0748. The van der Waals surface area contributed by atoms with Crippen LogP contribution in [0, 0.1) is 71.0 Å². The molecular weight excluding hydrogens is 828 g/mol. The number of hydrogen-bond donors (Lipinski definition) is 7. The van der Waals surface area contributed by atoms with E-state index >= 15 is 0 Å². The number of fused-ring (bicyclic) bond motifs is 2. The maximum Gasteiger partial charge on any atom is 0.337 e. The minimum absolute atomic E-state index is 0.00860. The third kappa shape index (κ3) is 9.88. The van der Waals surface area contributed by atoms with Crippen molar-refractivity contribution in [3.8, 4) is 0 Å². The van der Waals surface area contributed by atoms with Crippen molar-refractivity contribution in [2.24, 2.45) is 71.0 Å². The molecule has 0 radical (unpaired) electrons. The Hall–Kier alpha value is -4.65. The number of carbonyl (C=O) groups is 7. The normalized spacial score (nSPS) is 36.1. The summed E-state index contributed by atoms with van der Waals surface area (Å²) in [7, 11) is 0. The minimum atomic E-state index is -2.66. The Morgan fingerprint density at radius 1 is 0.714 bits per heavy atom. The highest BCUT2D eigenvalue weighted by atomic mass is 16.6. The number of allylic oxidation sites excluding steroid dienone is 3. The molecule has 0 aromatic carbocycles. The molecule has 3 aliphatic carbocycles. The zero-order valence-electron chi connectivity index (χ0n) is 36.6. The first-order valence-electron chi connectivity index (χ1n) is 21.7. The summed E-state index contributed by atoms with van der Waals surface area (Å²) in [4.78, 5) is 91.1. The number of ether oxygens (including phenoxy) is 4. The van der Waals surface area contributed by atoms with Gasteiger partial charge in [-0.2, -0.15) is 0 Å². The molecule has 5 aliphatic rings. The van der Waals surface area contributed by atoms with E-state index in [4.69, 9.17) is 18.9 Å². The summed E-state index contributed by atoms with van der Waals surface area (Å²) in [5.74, 6) is -17.1. The van der Waals surface area contributed by atoms with Crippen LogP contribution in [0.3, 0.4) is 0 Å². The molecule has 3 saturated carbocycles. The van der Waals surface area contributed by atoms with Gasteiger partial charge in [0.25, 0.3) is 0 Å². The third-order valence-electron chi connectivity index (χ3n) is 14.5. The minimum Gasteiger partial charge on any atom is -0.481 e. The lowest BCUT2D eigenvalue weighted by atomic mass is 9.61. The van der Waals surface area contributed by atoms with Gasteiger partial charge in [0, 0.05) is 0 Å². The van der Waals surface area contributed by atoms with E-state index in [0.717, 1.165) is 6.08 Å². The maximum absolute atomic E-state index is 13.8. The van der Waals surface area contributed by atoms with Gasteiger partial charge in [0.2, 0.25) is 0 Å². The number of rotatable bonds is 14. The van der Waals surface area contributed by atoms with Crippen LogP contribution in [-0.4, -0.2) is 127 Å². The van der Waals surface area contributed by atoms with Crippen LogP contribution in [0.2, 0.25) is 0 Å². The molecule has 5 rings (SSSR count). The Labute approximate surface area is 365 Å². The second-order valence-electron chi connectivity index (χ2n) is 19.2. The van der Waals surface area contributed by atoms with Gasteiger partial charge in [0.15, 0.2) is 5.60 Å². The molecule has 2 heterocycles. The van der Waals surface area contributed by atoms with Crippen molar-refractivity contribution in [2.75, 3.05) is 33.0 Å². The number of cyclic esters (lactones) is 2. The summed E-state index contributed by atoms with van der Waals surface area (Å²) < 4.78 is 22.0. The number of aliphatic hydroxyl groups is 4. The van der Waals surface area contributed by atoms with Crippen molar-refractivity contribution < 1.29 is 88.3 Å². The van der Waals surface area contributed by atoms with Gasteiger partial charge < -0.3 is 54.7 Å². The lowest BCUT2D eigenvalue weighted by Crippen LogP contribution is -2.57. The Balaban J connectivity index is 1.38. The van der Waals surface area contributed by atoms with Gasteiger partial charge in [0.1, 0.15) is 43.5 Å². The molecule has 3 fully saturated rings. The summed E-state index contributed by atoms with van der Waals surface area (Å²) >= 11 is 0. The Bertz CT molecular complexity index is 1910. The molecule has 12 atom stereocenters. The smallest absolute Gasteiger partial charge is 0.337 e. The van der Waals surface area contributed by atoms with E-state index in [1.807, 2.05) is 27.7 Å². The van der Waals surface area contributed by atoms with Gasteiger partial charge >= 0.3 is 41.8 Å². The fourth-order valence-corrected chi connectivity index (χ4v) is 11.0. The van der Waals surface area contributed by atoms with Gasteiger partial charge in [-0.1, -0.05) is 59.8 Å². The average molecular weight is 891 g/mol. The second-order valence-corrected chi connectivity index (χ2v) is 19.2. The van der Waals surface area contributed by atoms with Crippen molar-refractivity contribution in [1.82, 2.24) is 0 Å². The van der Waals surface area contributed by atoms with E-state index in [9.17, 15) is 69.3 Å². The van der Waals surface area contributed by atoms with Crippen molar-refractivity contribution >= 4 is 41.8 Å². The first kappa shape index (κ1) is 49.4. The highest BCUT2D eigenvalue weighted by molar-refractivity contribution is 5.92. The van der Waals surface area contributed by atoms with Crippen molar-refractivity contribution in [3.05, 3.63) is 34.9 Å². The van der Waals surface area contributed by atoms with E-state index in [-0.39, 0.29) is 66.4 Å². The monoisotopic (exact) mass is 890 g/mol. The number of esters is 4. The van der Waals surface area contributed by atoms with Crippen molar-refractivity contribution in [1.29, 1.82) is 0 Å². The van der Waals surface area contributed by atoms with Gasteiger partial charge in [-0.15, -0.1) is 0 Å². The van der Waals surface area contributed by atoms with Gasteiger partial charge in [-0.3, -0.25) is 14.4 Å². The lowest BCUT2D eigenvalue weighted by Gasteiger charge is -2.46. The van der Waals surface area contributed by atoms with Crippen LogP contribution in [0.4, 0.5) is 0 Å². The highest BCUT2D eigenvalue weighted by Crippen LogP contribution is 2.50. The number of carboxylic acids is 3. The lowest BCUT2D eigenvalue weighted by molar-refractivity contribution is -0.186. The van der Waals surface area contributed by atoms with Gasteiger partial charge in [-0.25, -0.2) is 19.2 Å². The zero-order valence-corrected chi connectivity index (χ0v) is 36.6. The van der Waals surface area contributed by atoms with Crippen LogP contribution in [-0.2, 0) is 52.5 Å². The van der Waals surface area contributed by atoms with Gasteiger partial charge in [-0.05, 0) is 91.8 Å². The fraction of sp³-hybridized carbons (Fsp3) is 0.711. The SMILES string of the molecule is CC(C)C1CCC(O)(COC(=O)C2=CC3C(C(C)C)CCC(O)(COC(=O)C(=CC4C(C(C)C)CCC(O)(C(=O)O)C4C(=O)O)CO)C3C(=O)OC2)C2C(=O)OCC(C(=O)O)=CC12. The summed E-state index contributed by atoms with van der Waals surface area (Å²) in [6.07, 6.45) is 4.44. The standard InChI is InChI=1S/C45H62O18/c1-21(2)27-7-10-44(58,34-31(27)14-25(36(47)48)17-60-40(34)53)20-63-39(52)26-15-32-28(22(3)4)8-11-43(57,35(32)41(54)61-18-26)19-62-38(51)24(16-46)13-30-29(23(5)6)9-12-45(59,42(55)56)33(30)37(49)50/h13-15,21-23,27-35,46,57-59H,7-12,16-20H2,1-6H3,(H,47,48)(H,49,50)(H,55,56). The van der Waals surface area contributed by atoms with E-state index in [1.54, 1.807) is 13.8 Å². The molecule has 0 amide bonds. The number of hydrogen-bond acceptors (Lipinski definition) is 15. The molecule has 18 heteroatoms. The van der Waals surface area contributed by atoms with Crippen molar-refractivity contribution in [2.45, 2.75) is 96.9 Å². The summed E-state index contributed by atoms with van der Waals surface area (Å²) in [6.45, 7) is 7.70. The van der Waals surface area contributed by atoms with E-state index in [2.05, 4.69) is 0 Å². The highest BCUT2D eigenvalue weighted by Gasteiger charge is 2.58. The predicted molar refractivity (Wildman–Crippen MR) is 217 cm³/mol. The third-order valence-corrected chi connectivity index (χ3v) is 14.5. The first-order chi connectivity index (χ1) is 29.4. The topological polar surface area (TPSA) is 298 Å². The number of carboxylic acid groups (broad SMARTS) is 3.